The Morgan fingerprint density at radius 1 is 1.22 bits per heavy atom. The van der Waals surface area contributed by atoms with Crippen LogP contribution in [0, 0.1) is 0 Å². The zero-order chi connectivity index (χ0) is 15.6. The average molecular weight is 309 g/mol. The van der Waals surface area contributed by atoms with E-state index in [1.165, 1.54) is 12.8 Å². The summed E-state index contributed by atoms with van der Waals surface area (Å²) in [6.45, 7) is 3.28. The first-order valence-corrected chi connectivity index (χ1v) is 7.99. The summed E-state index contributed by atoms with van der Waals surface area (Å²) in [5.74, 6) is 1.66. The topological polar surface area (TPSA) is 64.9 Å². The van der Waals surface area contributed by atoms with Crippen LogP contribution < -0.4 is 10.1 Å². The maximum atomic E-state index is 5.66. The number of hydrogen-bond acceptors (Lipinski definition) is 5. The molecular formula is C17H19N5O. The van der Waals surface area contributed by atoms with Gasteiger partial charge >= 0.3 is 0 Å². The molecule has 4 rings (SSSR count). The molecule has 0 saturated heterocycles. The predicted molar refractivity (Wildman–Crippen MR) is 88.5 cm³/mol. The summed E-state index contributed by atoms with van der Waals surface area (Å²) in [7, 11) is 0. The molecule has 2 heterocycles. The van der Waals surface area contributed by atoms with Crippen molar-refractivity contribution in [3.8, 4) is 5.75 Å². The standard InChI is InChI=1S/C17H19N5O/c1-2-23-14-6-4-3-5-12(14)9-18-16-15-17(20-10-19-16)22(11-21-15)13-7-8-13/h3-6,10-11,13H,2,7-9H2,1H3,(H,18,19,20). The third kappa shape index (κ3) is 2.72. The van der Waals surface area contributed by atoms with Crippen LogP contribution in [0.15, 0.2) is 36.9 Å². The lowest BCUT2D eigenvalue weighted by atomic mass is 10.2. The van der Waals surface area contributed by atoms with Crippen LogP contribution in [0.25, 0.3) is 11.2 Å². The molecule has 0 amide bonds. The fraction of sp³-hybridized carbons (Fsp3) is 0.353. The Hall–Kier alpha value is -2.63. The molecule has 1 saturated carbocycles. The largest absolute Gasteiger partial charge is 0.494 e. The van der Waals surface area contributed by atoms with Crippen molar-refractivity contribution >= 4 is 17.0 Å². The van der Waals surface area contributed by atoms with Crippen LogP contribution in [-0.4, -0.2) is 26.1 Å². The van der Waals surface area contributed by atoms with Crippen molar-refractivity contribution in [1.29, 1.82) is 0 Å². The van der Waals surface area contributed by atoms with E-state index < -0.39 is 0 Å². The summed E-state index contributed by atoms with van der Waals surface area (Å²) < 4.78 is 7.81. The van der Waals surface area contributed by atoms with Gasteiger partial charge in [0.1, 0.15) is 17.6 Å². The van der Waals surface area contributed by atoms with Gasteiger partial charge in [0.15, 0.2) is 11.5 Å². The van der Waals surface area contributed by atoms with E-state index in [1.807, 2.05) is 31.5 Å². The number of benzene rings is 1. The quantitative estimate of drug-likeness (QED) is 0.757. The molecule has 1 N–H and O–H groups in total. The van der Waals surface area contributed by atoms with Gasteiger partial charge in [-0.05, 0) is 25.8 Å². The molecule has 6 heteroatoms. The van der Waals surface area contributed by atoms with E-state index in [-0.39, 0.29) is 0 Å². The Kier molecular flexibility index (Phi) is 3.57. The summed E-state index contributed by atoms with van der Waals surface area (Å²) in [5, 5.41) is 3.37. The van der Waals surface area contributed by atoms with Gasteiger partial charge in [-0.25, -0.2) is 15.0 Å². The zero-order valence-corrected chi connectivity index (χ0v) is 13.1. The predicted octanol–water partition coefficient (Wildman–Crippen LogP) is 3.17. The number of nitrogens with zero attached hydrogens (tertiary/aromatic N) is 4. The number of anilines is 1. The summed E-state index contributed by atoms with van der Waals surface area (Å²) >= 11 is 0. The highest BCUT2D eigenvalue weighted by Crippen LogP contribution is 2.37. The average Bonchev–Trinajstić information content (AvgIpc) is 3.33. The van der Waals surface area contributed by atoms with E-state index in [1.54, 1.807) is 6.33 Å². The summed E-state index contributed by atoms with van der Waals surface area (Å²) in [6, 6.07) is 8.59. The molecule has 0 aliphatic heterocycles. The lowest BCUT2D eigenvalue weighted by Gasteiger charge is -2.11. The Bertz CT molecular complexity index is 825. The second-order valence-corrected chi connectivity index (χ2v) is 5.67. The maximum Gasteiger partial charge on any atom is 0.165 e. The molecule has 1 aromatic carbocycles. The number of rotatable bonds is 6. The highest BCUT2D eigenvalue weighted by molar-refractivity contribution is 5.82. The fourth-order valence-corrected chi connectivity index (χ4v) is 2.73. The summed E-state index contributed by atoms with van der Waals surface area (Å²) in [4.78, 5) is 13.2. The molecule has 0 unspecified atom stereocenters. The molecule has 1 fully saturated rings. The van der Waals surface area contributed by atoms with Crippen LogP contribution in [0.1, 0.15) is 31.4 Å². The summed E-state index contributed by atoms with van der Waals surface area (Å²) in [5.41, 5.74) is 2.83. The molecule has 6 nitrogen and oxygen atoms in total. The Morgan fingerprint density at radius 2 is 2.09 bits per heavy atom. The first-order chi connectivity index (χ1) is 11.4. The number of hydrogen-bond donors (Lipinski definition) is 1. The monoisotopic (exact) mass is 309 g/mol. The van der Waals surface area contributed by atoms with Crippen LogP contribution in [-0.2, 0) is 6.54 Å². The van der Waals surface area contributed by atoms with Gasteiger partial charge in [0, 0.05) is 18.2 Å². The normalized spacial score (nSPS) is 14.1. The first kappa shape index (κ1) is 14.0. The van der Waals surface area contributed by atoms with Gasteiger partial charge in [-0.2, -0.15) is 0 Å². The molecule has 3 aromatic rings. The smallest absolute Gasteiger partial charge is 0.165 e. The minimum Gasteiger partial charge on any atom is -0.494 e. The zero-order valence-electron chi connectivity index (χ0n) is 13.1. The number of ether oxygens (including phenoxy) is 1. The van der Waals surface area contributed by atoms with Gasteiger partial charge in [0.2, 0.25) is 0 Å². The van der Waals surface area contributed by atoms with E-state index in [0.29, 0.717) is 19.2 Å². The third-order valence-electron chi connectivity index (χ3n) is 4.02. The van der Waals surface area contributed by atoms with Gasteiger partial charge < -0.3 is 14.6 Å². The summed E-state index contributed by atoms with van der Waals surface area (Å²) in [6.07, 6.45) is 5.88. The lowest BCUT2D eigenvalue weighted by Crippen LogP contribution is -2.05. The van der Waals surface area contributed by atoms with Crippen molar-refractivity contribution in [1.82, 2.24) is 19.5 Å². The van der Waals surface area contributed by atoms with Crippen LogP contribution in [0.2, 0.25) is 0 Å². The molecule has 23 heavy (non-hydrogen) atoms. The maximum absolute atomic E-state index is 5.66. The van der Waals surface area contributed by atoms with E-state index in [9.17, 15) is 0 Å². The molecule has 118 valence electrons. The molecule has 0 atom stereocenters. The Balaban J connectivity index is 1.59. The van der Waals surface area contributed by atoms with Crippen molar-refractivity contribution < 1.29 is 4.74 Å². The van der Waals surface area contributed by atoms with Crippen molar-refractivity contribution in [3.63, 3.8) is 0 Å². The second kappa shape index (κ2) is 5.87. The Morgan fingerprint density at radius 3 is 2.91 bits per heavy atom. The van der Waals surface area contributed by atoms with Gasteiger partial charge in [0.05, 0.1) is 12.9 Å². The number of nitrogens with one attached hydrogen (secondary N) is 1. The number of aromatic nitrogens is 4. The van der Waals surface area contributed by atoms with E-state index in [0.717, 1.165) is 28.3 Å². The van der Waals surface area contributed by atoms with Crippen LogP contribution >= 0.6 is 0 Å². The van der Waals surface area contributed by atoms with E-state index >= 15 is 0 Å². The molecule has 0 bridgehead atoms. The van der Waals surface area contributed by atoms with Crippen molar-refractivity contribution in [2.75, 3.05) is 11.9 Å². The van der Waals surface area contributed by atoms with Gasteiger partial charge in [-0.3, -0.25) is 0 Å². The van der Waals surface area contributed by atoms with E-state index in [2.05, 4.69) is 30.9 Å². The highest BCUT2D eigenvalue weighted by atomic mass is 16.5. The lowest BCUT2D eigenvalue weighted by molar-refractivity contribution is 0.337. The number of fused-ring (bicyclic) bond motifs is 1. The fourth-order valence-electron chi connectivity index (χ4n) is 2.73. The van der Waals surface area contributed by atoms with Crippen molar-refractivity contribution in [3.05, 3.63) is 42.5 Å². The highest BCUT2D eigenvalue weighted by Gasteiger charge is 2.26. The molecular weight excluding hydrogens is 290 g/mol. The molecule has 1 aliphatic rings. The SMILES string of the molecule is CCOc1ccccc1CNc1ncnc2c1ncn2C1CC1. The van der Waals surface area contributed by atoms with E-state index in [4.69, 9.17) is 4.74 Å². The third-order valence-corrected chi connectivity index (χ3v) is 4.02. The minimum atomic E-state index is 0.557. The second-order valence-electron chi connectivity index (χ2n) is 5.67. The molecule has 2 aromatic heterocycles. The van der Waals surface area contributed by atoms with Crippen LogP contribution in [0.4, 0.5) is 5.82 Å². The molecule has 0 radical (unpaired) electrons. The van der Waals surface area contributed by atoms with Crippen molar-refractivity contribution in [2.45, 2.75) is 32.4 Å². The van der Waals surface area contributed by atoms with Gasteiger partial charge in [-0.1, -0.05) is 18.2 Å². The first-order valence-electron chi connectivity index (χ1n) is 7.99. The Labute approximate surface area is 134 Å². The minimum absolute atomic E-state index is 0.557. The van der Waals surface area contributed by atoms with Crippen LogP contribution in [0.5, 0.6) is 5.75 Å². The molecule has 1 aliphatic carbocycles. The molecule has 0 spiro atoms. The number of imidazole rings is 1. The van der Waals surface area contributed by atoms with Gasteiger partial charge in [0.25, 0.3) is 0 Å². The van der Waals surface area contributed by atoms with Gasteiger partial charge in [-0.15, -0.1) is 0 Å². The van der Waals surface area contributed by atoms with Crippen molar-refractivity contribution in [2.24, 2.45) is 0 Å². The van der Waals surface area contributed by atoms with Crippen LogP contribution in [0.3, 0.4) is 0 Å². The number of para-hydroxylation sites is 1.